The molecule has 3 heteroatoms. The Hall–Kier alpha value is -0.830. The standard InChI is InChI=1S/C8H14N2O/c1-7(2)4-10-5-8(11)9(3)6-10/h1,4-6H2,2-3H3. The van der Waals surface area contributed by atoms with Crippen LogP contribution in [0.4, 0.5) is 0 Å². The Bertz CT molecular complexity index is 187. The van der Waals surface area contributed by atoms with Crippen molar-refractivity contribution in [3.63, 3.8) is 0 Å². The van der Waals surface area contributed by atoms with Crippen LogP contribution in [-0.4, -0.2) is 42.5 Å². The summed E-state index contributed by atoms with van der Waals surface area (Å²) in [5, 5.41) is 0. The first-order chi connectivity index (χ1) is 5.09. The minimum atomic E-state index is 0.200. The van der Waals surface area contributed by atoms with Crippen molar-refractivity contribution in [2.75, 3.05) is 26.8 Å². The van der Waals surface area contributed by atoms with Gasteiger partial charge in [0.25, 0.3) is 0 Å². The second-order valence-electron chi connectivity index (χ2n) is 3.18. The lowest BCUT2D eigenvalue weighted by molar-refractivity contribution is -0.125. The van der Waals surface area contributed by atoms with Crippen LogP contribution in [0, 0.1) is 0 Å². The van der Waals surface area contributed by atoms with Crippen LogP contribution in [0.25, 0.3) is 0 Å². The normalized spacial score (nSPS) is 19.5. The van der Waals surface area contributed by atoms with E-state index in [1.807, 2.05) is 14.0 Å². The molecule has 62 valence electrons. The molecule has 0 bridgehead atoms. The number of nitrogens with zero attached hydrogens (tertiary/aromatic N) is 2. The van der Waals surface area contributed by atoms with Gasteiger partial charge in [-0.2, -0.15) is 0 Å². The summed E-state index contributed by atoms with van der Waals surface area (Å²) in [4.78, 5) is 14.8. The molecule has 1 rings (SSSR count). The number of rotatable bonds is 2. The van der Waals surface area contributed by atoms with Gasteiger partial charge in [-0.25, -0.2) is 0 Å². The molecule has 0 spiro atoms. The Balaban J connectivity index is 2.41. The lowest BCUT2D eigenvalue weighted by atomic mass is 10.3. The molecule has 0 aliphatic carbocycles. The molecule has 0 atom stereocenters. The monoisotopic (exact) mass is 154 g/mol. The van der Waals surface area contributed by atoms with Crippen LogP contribution in [-0.2, 0) is 4.79 Å². The summed E-state index contributed by atoms with van der Waals surface area (Å²) in [5.41, 5.74) is 1.10. The quantitative estimate of drug-likeness (QED) is 0.534. The van der Waals surface area contributed by atoms with Crippen molar-refractivity contribution in [2.45, 2.75) is 6.92 Å². The molecule has 0 aromatic heterocycles. The zero-order valence-corrected chi connectivity index (χ0v) is 7.13. The average molecular weight is 154 g/mol. The molecule has 0 aromatic carbocycles. The second-order valence-corrected chi connectivity index (χ2v) is 3.18. The van der Waals surface area contributed by atoms with Crippen molar-refractivity contribution in [1.29, 1.82) is 0 Å². The third-order valence-electron chi connectivity index (χ3n) is 1.69. The van der Waals surface area contributed by atoms with Gasteiger partial charge in [0.1, 0.15) is 0 Å². The Morgan fingerprint density at radius 3 is 2.73 bits per heavy atom. The summed E-state index contributed by atoms with van der Waals surface area (Å²) in [6.45, 7) is 7.89. The summed E-state index contributed by atoms with van der Waals surface area (Å²) < 4.78 is 0. The van der Waals surface area contributed by atoms with Gasteiger partial charge in [-0.05, 0) is 6.92 Å². The fourth-order valence-electron chi connectivity index (χ4n) is 1.23. The summed E-state index contributed by atoms with van der Waals surface area (Å²) in [6, 6.07) is 0. The van der Waals surface area contributed by atoms with Crippen molar-refractivity contribution in [3.8, 4) is 0 Å². The molecule has 1 aliphatic heterocycles. The number of carbonyl (C=O) groups excluding carboxylic acids is 1. The number of carbonyl (C=O) groups is 1. The highest BCUT2D eigenvalue weighted by atomic mass is 16.2. The smallest absolute Gasteiger partial charge is 0.237 e. The van der Waals surface area contributed by atoms with E-state index in [1.54, 1.807) is 4.90 Å². The van der Waals surface area contributed by atoms with Crippen LogP contribution in [0.3, 0.4) is 0 Å². The zero-order valence-electron chi connectivity index (χ0n) is 7.13. The maximum absolute atomic E-state index is 11.0. The number of amides is 1. The van der Waals surface area contributed by atoms with E-state index >= 15 is 0 Å². The highest BCUT2D eigenvalue weighted by molar-refractivity contribution is 5.79. The van der Waals surface area contributed by atoms with Crippen molar-refractivity contribution in [2.24, 2.45) is 0 Å². The molecule has 1 heterocycles. The van der Waals surface area contributed by atoms with E-state index in [2.05, 4.69) is 11.5 Å². The minimum absolute atomic E-state index is 0.200. The molecule has 3 nitrogen and oxygen atoms in total. The summed E-state index contributed by atoms with van der Waals surface area (Å²) >= 11 is 0. The van der Waals surface area contributed by atoms with E-state index < -0.39 is 0 Å². The predicted octanol–water partition coefficient (Wildman–Crippen LogP) is 0.294. The number of likely N-dealkylation sites (N-methyl/N-ethyl adjacent to an activating group) is 1. The van der Waals surface area contributed by atoms with E-state index in [9.17, 15) is 4.79 Å². The maximum Gasteiger partial charge on any atom is 0.237 e. The first kappa shape index (κ1) is 8.27. The zero-order chi connectivity index (χ0) is 8.43. The van der Waals surface area contributed by atoms with Gasteiger partial charge >= 0.3 is 0 Å². The Kier molecular flexibility index (Phi) is 2.29. The van der Waals surface area contributed by atoms with Gasteiger partial charge in [-0.1, -0.05) is 12.2 Å². The third-order valence-corrected chi connectivity index (χ3v) is 1.69. The molecular weight excluding hydrogens is 140 g/mol. The maximum atomic E-state index is 11.0. The molecule has 0 N–H and O–H groups in total. The van der Waals surface area contributed by atoms with Gasteiger partial charge in [0.15, 0.2) is 0 Å². The number of hydrogen-bond acceptors (Lipinski definition) is 2. The summed E-state index contributed by atoms with van der Waals surface area (Å²) in [6.07, 6.45) is 0. The molecule has 1 fully saturated rings. The summed E-state index contributed by atoms with van der Waals surface area (Å²) in [5.74, 6) is 0.200. The van der Waals surface area contributed by atoms with Gasteiger partial charge in [0.2, 0.25) is 5.91 Å². The Morgan fingerprint density at radius 1 is 1.73 bits per heavy atom. The minimum Gasteiger partial charge on any atom is -0.332 e. The first-order valence-electron chi connectivity index (χ1n) is 3.70. The molecule has 11 heavy (non-hydrogen) atoms. The molecule has 1 amide bonds. The number of hydrogen-bond donors (Lipinski definition) is 0. The van der Waals surface area contributed by atoms with Gasteiger partial charge in [-0.15, -0.1) is 0 Å². The average Bonchev–Trinajstić information content (AvgIpc) is 2.10. The highest BCUT2D eigenvalue weighted by Crippen LogP contribution is 2.05. The SMILES string of the molecule is C=C(C)CN1CC(=O)N(C)C1. The van der Waals surface area contributed by atoms with Crippen molar-refractivity contribution in [1.82, 2.24) is 9.80 Å². The Labute approximate surface area is 67.3 Å². The fraction of sp³-hybridized carbons (Fsp3) is 0.625. The van der Waals surface area contributed by atoms with E-state index in [0.29, 0.717) is 6.54 Å². The molecule has 0 aromatic rings. The lowest BCUT2D eigenvalue weighted by Gasteiger charge is -2.13. The van der Waals surface area contributed by atoms with Crippen LogP contribution >= 0.6 is 0 Å². The van der Waals surface area contributed by atoms with E-state index in [0.717, 1.165) is 18.8 Å². The van der Waals surface area contributed by atoms with Gasteiger partial charge in [-0.3, -0.25) is 9.69 Å². The lowest BCUT2D eigenvalue weighted by Crippen LogP contribution is -2.24. The van der Waals surface area contributed by atoms with Crippen molar-refractivity contribution in [3.05, 3.63) is 12.2 Å². The van der Waals surface area contributed by atoms with E-state index in [4.69, 9.17) is 0 Å². The van der Waals surface area contributed by atoms with E-state index in [1.165, 1.54) is 0 Å². The highest BCUT2D eigenvalue weighted by Gasteiger charge is 2.23. The molecular formula is C8H14N2O. The second kappa shape index (κ2) is 3.05. The Morgan fingerprint density at radius 2 is 2.36 bits per heavy atom. The fourth-order valence-corrected chi connectivity index (χ4v) is 1.23. The molecule has 0 unspecified atom stereocenters. The van der Waals surface area contributed by atoms with Crippen LogP contribution < -0.4 is 0 Å². The van der Waals surface area contributed by atoms with Crippen LogP contribution in [0.1, 0.15) is 6.92 Å². The van der Waals surface area contributed by atoms with Gasteiger partial charge in [0, 0.05) is 13.6 Å². The molecule has 0 saturated carbocycles. The molecule has 0 radical (unpaired) electrons. The van der Waals surface area contributed by atoms with Gasteiger partial charge < -0.3 is 4.90 Å². The molecule has 1 aliphatic rings. The van der Waals surface area contributed by atoms with Crippen LogP contribution in [0.15, 0.2) is 12.2 Å². The summed E-state index contributed by atoms with van der Waals surface area (Å²) in [7, 11) is 1.82. The third kappa shape index (κ3) is 2.05. The molecule has 1 saturated heterocycles. The van der Waals surface area contributed by atoms with E-state index in [-0.39, 0.29) is 5.91 Å². The van der Waals surface area contributed by atoms with Crippen molar-refractivity contribution < 1.29 is 4.79 Å². The van der Waals surface area contributed by atoms with Crippen LogP contribution in [0.5, 0.6) is 0 Å². The predicted molar refractivity (Wildman–Crippen MR) is 44.0 cm³/mol. The topological polar surface area (TPSA) is 23.6 Å². The largest absolute Gasteiger partial charge is 0.332 e. The van der Waals surface area contributed by atoms with Gasteiger partial charge in [0.05, 0.1) is 13.2 Å². The van der Waals surface area contributed by atoms with Crippen molar-refractivity contribution >= 4 is 5.91 Å². The first-order valence-corrected chi connectivity index (χ1v) is 3.70. The van der Waals surface area contributed by atoms with Crippen LogP contribution in [0.2, 0.25) is 0 Å².